The quantitative estimate of drug-likeness (QED) is 0.504. The summed E-state index contributed by atoms with van der Waals surface area (Å²) in [7, 11) is 0. The van der Waals surface area contributed by atoms with E-state index in [2.05, 4.69) is 38.3 Å². The third-order valence-corrected chi connectivity index (χ3v) is 6.45. The molecule has 1 fully saturated rings. The summed E-state index contributed by atoms with van der Waals surface area (Å²) in [6.45, 7) is 6.53. The van der Waals surface area contributed by atoms with Crippen molar-refractivity contribution < 1.29 is 9.21 Å². The van der Waals surface area contributed by atoms with Gasteiger partial charge in [-0.25, -0.2) is 4.98 Å². The van der Waals surface area contributed by atoms with Crippen molar-refractivity contribution in [1.29, 1.82) is 0 Å². The highest BCUT2D eigenvalue weighted by Gasteiger charge is 2.27. The maximum Gasteiger partial charge on any atom is 0.226 e. The number of amides is 1. The Morgan fingerprint density at radius 2 is 1.94 bits per heavy atom. The van der Waals surface area contributed by atoms with E-state index in [1.807, 2.05) is 56.3 Å². The van der Waals surface area contributed by atoms with E-state index in [4.69, 9.17) is 9.40 Å². The van der Waals surface area contributed by atoms with Gasteiger partial charge in [0.15, 0.2) is 0 Å². The van der Waals surface area contributed by atoms with Crippen LogP contribution in [-0.2, 0) is 11.3 Å². The predicted molar refractivity (Wildman–Crippen MR) is 125 cm³/mol. The molecule has 0 bridgehead atoms. The van der Waals surface area contributed by atoms with Gasteiger partial charge >= 0.3 is 0 Å². The summed E-state index contributed by atoms with van der Waals surface area (Å²) < 4.78 is 6.92. The highest BCUT2D eigenvalue weighted by molar-refractivity contribution is 9.10. The van der Waals surface area contributed by atoms with Gasteiger partial charge in [0.25, 0.3) is 0 Å². The van der Waals surface area contributed by atoms with Crippen LogP contribution in [0.2, 0.25) is 0 Å². The molecule has 1 amide bonds. The van der Waals surface area contributed by atoms with Gasteiger partial charge in [0.1, 0.15) is 5.76 Å². The van der Waals surface area contributed by atoms with Gasteiger partial charge in [-0.15, -0.1) is 0 Å². The van der Waals surface area contributed by atoms with Crippen molar-refractivity contribution >= 4 is 21.8 Å². The van der Waals surface area contributed by atoms with Gasteiger partial charge in [-0.05, 0) is 63.5 Å². The topological polar surface area (TPSA) is 58.4 Å². The van der Waals surface area contributed by atoms with E-state index >= 15 is 0 Å². The molecule has 3 aromatic rings. The zero-order valence-electron chi connectivity index (χ0n) is 18.0. The lowest BCUT2D eigenvalue weighted by Crippen LogP contribution is -2.41. The molecule has 0 saturated carbocycles. The van der Waals surface area contributed by atoms with E-state index in [9.17, 15) is 4.79 Å². The number of piperidine rings is 1. The number of aromatic nitrogens is 1. The Hall–Kier alpha value is -2.44. The number of oxazole rings is 1. The average Bonchev–Trinajstić information content (AvgIpc) is 3.15. The second-order valence-electron chi connectivity index (χ2n) is 8.22. The number of carbonyl (C=O) groups excluding carboxylic acids is 1. The number of likely N-dealkylation sites (tertiary alicyclic amines) is 1. The van der Waals surface area contributed by atoms with Crippen LogP contribution in [0.3, 0.4) is 0 Å². The molecule has 1 aromatic heterocycles. The van der Waals surface area contributed by atoms with Crippen LogP contribution < -0.4 is 5.32 Å². The van der Waals surface area contributed by atoms with E-state index in [0.717, 1.165) is 59.5 Å². The second kappa shape index (κ2) is 9.79. The summed E-state index contributed by atoms with van der Waals surface area (Å²) in [6, 6.07) is 18.1. The van der Waals surface area contributed by atoms with Gasteiger partial charge in [0, 0.05) is 22.5 Å². The molecule has 6 heteroatoms. The zero-order chi connectivity index (χ0) is 21.8. The van der Waals surface area contributed by atoms with Crippen LogP contribution in [0.5, 0.6) is 0 Å². The van der Waals surface area contributed by atoms with Crippen LogP contribution >= 0.6 is 15.9 Å². The fourth-order valence-electron chi connectivity index (χ4n) is 4.04. The number of hydrogen-bond acceptors (Lipinski definition) is 4. The van der Waals surface area contributed by atoms with Crippen molar-refractivity contribution in [2.24, 2.45) is 5.92 Å². The van der Waals surface area contributed by atoms with E-state index < -0.39 is 0 Å². The largest absolute Gasteiger partial charge is 0.441 e. The normalized spacial score (nSPS) is 16.2. The molecular weight excluding hydrogens is 454 g/mol. The first-order valence-corrected chi connectivity index (χ1v) is 11.6. The minimum atomic E-state index is 0.0287. The first-order chi connectivity index (χ1) is 15.0. The number of hydrogen-bond donors (Lipinski definition) is 1. The van der Waals surface area contributed by atoms with Gasteiger partial charge < -0.3 is 9.73 Å². The molecule has 31 heavy (non-hydrogen) atoms. The molecule has 0 unspecified atom stereocenters. The number of aryl methyl sites for hydroxylation is 1. The average molecular weight is 482 g/mol. The van der Waals surface area contributed by atoms with Crippen LogP contribution in [-0.4, -0.2) is 28.9 Å². The predicted octanol–water partition coefficient (Wildman–Crippen LogP) is 5.50. The first-order valence-electron chi connectivity index (χ1n) is 10.8. The fourth-order valence-corrected chi connectivity index (χ4v) is 4.44. The van der Waals surface area contributed by atoms with Gasteiger partial charge in [-0.2, -0.15) is 0 Å². The highest BCUT2D eigenvalue weighted by Crippen LogP contribution is 2.26. The molecule has 0 spiro atoms. The first kappa shape index (κ1) is 21.8. The molecule has 2 heterocycles. The third-order valence-electron chi connectivity index (χ3n) is 5.95. The van der Waals surface area contributed by atoms with Gasteiger partial charge in [-0.3, -0.25) is 9.69 Å². The highest BCUT2D eigenvalue weighted by atomic mass is 79.9. The SMILES string of the molecule is Cc1oc(-c2cccc(Br)c2)nc1CN1CCC(C(=O)N[C@@H](C)c2ccccc2)CC1. The Morgan fingerprint density at radius 1 is 1.19 bits per heavy atom. The molecule has 1 N–H and O–H groups in total. The molecular formula is C25H28BrN3O2. The van der Waals surface area contributed by atoms with Gasteiger partial charge in [-0.1, -0.05) is 52.3 Å². The number of halogens is 1. The number of nitrogens with one attached hydrogen (secondary N) is 1. The summed E-state index contributed by atoms with van der Waals surface area (Å²) >= 11 is 3.50. The Kier molecular flexibility index (Phi) is 6.88. The molecule has 0 aliphatic carbocycles. The van der Waals surface area contributed by atoms with Crippen molar-refractivity contribution in [2.75, 3.05) is 13.1 Å². The maximum absolute atomic E-state index is 12.7. The molecule has 2 aromatic carbocycles. The van der Waals surface area contributed by atoms with Crippen molar-refractivity contribution in [1.82, 2.24) is 15.2 Å². The Bertz CT molecular complexity index is 1030. The molecule has 5 nitrogen and oxygen atoms in total. The van der Waals surface area contributed by atoms with E-state index in [-0.39, 0.29) is 17.9 Å². The van der Waals surface area contributed by atoms with Crippen molar-refractivity contribution in [2.45, 2.75) is 39.3 Å². The summed E-state index contributed by atoms with van der Waals surface area (Å²) in [6.07, 6.45) is 1.73. The van der Waals surface area contributed by atoms with Gasteiger partial charge in [0.2, 0.25) is 11.8 Å². The third kappa shape index (κ3) is 5.43. The molecule has 1 aliphatic rings. The lowest BCUT2D eigenvalue weighted by atomic mass is 9.95. The van der Waals surface area contributed by atoms with Crippen LogP contribution in [0.15, 0.2) is 63.5 Å². The lowest BCUT2D eigenvalue weighted by Gasteiger charge is -2.31. The van der Waals surface area contributed by atoms with E-state index in [0.29, 0.717) is 5.89 Å². The molecule has 1 aliphatic heterocycles. The fraction of sp³-hybridized carbons (Fsp3) is 0.360. The maximum atomic E-state index is 12.7. The smallest absolute Gasteiger partial charge is 0.226 e. The number of nitrogens with zero attached hydrogens (tertiary/aromatic N) is 2. The summed E-state index contributed by atoms with van der Waals surface area (Å²) in [4.78, 5) is 19.8. The minimum Gasteiger partial charge on any atom is -0.441 e. The molecule has 1 saturated heterocycles. The van der Waals surface area contributed by atoms with Crippen molar-refractivity contribution in [3.8, 4) is 11.5 Å². The Balaban J connectivity index is 1.31. The van der Waals surface area contributed by atoms with Crippen LogP contribution in [0.25, 0.3) is 11.5 Å². The number of carbonyl (C=O) groups is 1. The molecule has 0 radical (unpaired) electrons. The zero-order valence-corrected chi connectivity index (χ0v) is 19.6. The molecule has 4 rings (SSSR count). The van der Waals surface area contributed by atoms with Gasteiger partial charge in [0.05, 0.1) is 11.7 Å². The molecule has 1 atom stereocenters. The number of benzene rings is 2. The monoisotopic (exact) mass is 481 g/mol. The lowest BCUT2D eigenvalue weighted by molar-refractivity contribution is -0.127. The Morgan fingerprint density at radius 3 is 2.65 bits per heavy atom. The van der Waals surface area contributed by atoms with E-state index in [1.165, 1.54) is 0 Å². The van der Waals surface area contributed by atoms with Crippen LogP contribution in [0.4, 0.5) is 0 Å². The standard InChI is InChI=1S/C25H28BrN3O2/c1-17(19-7-4-3-5-8-19)27-24(30)20-11-13-29(14-12-20)16-23-18(2)31-25(28-23)21-9-6-10-22(26)15-21/h3-10,15,17,20H,11-14,16H2,1-2H3,(H,27,30)/t17-/m0/s1. The molecule has 162 valence electrons. The minimum absolute atomic E-state index is 0.0287. The van der Waals surface area contributed by atoms with E-state index in [1.54, 1.807) is 0 Å². The van der Waals surface area contributed by atoms with Crippen molar-refractivity contribution in [3.63, 3.8) is 0 Å². The van der Waals surface area contributed by atoms with Crippen LogP contribution in [0.1, 0.15) is 42.8 Å². The summed E-state index contributed by atoms with van der Waals surface area (Å²) in [5.41, 5.74) is 3.07. The van der Waals surface area contributed by atoms with Crippen LogP contribution in [0, 0.1) is 12.8 Å². The number of rotatable bonds is 6. The Labute approximate surface area is 192 Å². The second-order valence-corrected chi connectivity index (χ2v) is 9.14. The summed E-state index contributed by atoms with van der Waals surface area (Å²) in [5.74, 6) is 1.73. The van der Waals surface area contributed by atoms with Crippen molar-refractivity contribution in [3.05, 3.63) is 76.1 Å². The summed E-state index contributed by atoms with van der Waals surface area (Å²) in [5, 5.41) is 3.18.